The Morgan fingerprint density at radius 1 is 1.00 bits per heavy atom. The van der Waals surface area contributed by atoms with Gasteiger partial charge in [0.2, 0.25) is 5.91 Å². The van der Waals surface area contributed by atoms with E-state index in [0.717, 1.165) is 19.3 Å². The second-order valence-corrected chi connectivity index (χ2v) is 6.28. The van der Waals surface area contributed by atoms with Crippen LogP contribution in [0.4, 0.5) is 0 Å². The number of amides is 1. The van der Waals surface area contributed by atoms with Crippen LogP contribution in [0.15, 0.2) is 35.4 Å². The van der Waals surface area contributed by atoms with Crippen molar-refractivity contribution < 1.29 is 4.79 Å². The van der Waals surface area contributed by atoms with Gasteiger partial charge >= 0.3 is 0 Å². The van der Waals surface area contributed by atoms with Crippen LogP contribution in [0.2, 0.25) is 0 Å². The van der Waals surface area contributed by atoms with Crippen LogP contribution in [0.5, 0.6) is 0 Å². The van der Waals surface area contributed by atoms with Gasteiger partial charge < -0.3 is 0 Å². The molecule has 0 aliphatic heterocycles. The number of nitrogens with one attached hydrogen (secondary N) is 1. The zero-order valence-corrected chi connectivity index (χ0v) is 12.6. The molecule has 2 aliphatic rings. The van der Waals surface area contributed by atoms with Crippen molar-refractivity contribution >= 4 is 11.6 Å². The molecule has 0 aromatic heterocycles. The van der Waals surface area contributed by atoms with Crippen LogP contribution in [-0.2, 0) is 4.79 Å². The van der Waals surface area contributed by atoms with Gasteiger partial charge in [-0.05, 0) is 43.6 Å². The lowest BCUT2D eigenvalue weighted by Crippen LogP contribution is -2.22. The maximum absolute atomic E-state index is 12.2. The molecule has 2 aliphatic carbocycles. The highest BCUT2D eigenvalue weighted by atomic mass is 16.2. The molecule has 1 amide bonds. The molecular formula is C18H24N2O. The Kier molecular flexibility index (Phi) is 4.69. The summed E-state index contributed by atoms with van der Waals surface area (Å²) in [5, 5.41) is 4.39. The van der Waals surface area contributed by atoms with E-state index >= 15 is 0 Å². The molecule has 3 nitrogen and oxygen atoms in total. The molecule has 0 saturated heterocycles. The summed E-state index contributed by atoms with van der Waals surface area (Å²) >= 11 is 0. The Balaban J connectivity index is 1.51. The monoisotopic (exact) mass is 284 g/mol. The van der Waals surface area contributed by atoms with Crippen LogP contribution >= 0.6 is 0 Å². The maximum atomic E-state index is 12.2. The van der Waals surface area contributed by atoms with E-state index < -0.39 is 0 Å². The van der Waals surface area contributed by atoms with E-state index in [1.165, 1.54) is 43.4 Å². The van der Waals surface area contributed by atoms with Gasteiger partial charge in [0, 0.05) is 11.6 Å². The predicted octanol–water partition coefficient (Wildman–Crippen LogP) is 4.01. The Bertz CT molecular complexity index is 499. The van der Waals surface area contributed by atoms with Crippen LogP contribution < -0.4 is 5.43 Å². The average Bonchev–Trinajstić information content (AvgIpc) is 3.27. The summed E-state index contributed by atoms with van der Waals surface area (Å²) in [7, 11) is 0. The van der Waals surface area contributed by atoms with Crippen molar-refractivity contribution in [2.45, 2.75) is 57.3 Å². The minimum absolute atomic E-state index is 0.0958. The molecule has 1 aromatic carbocycles. The largest absolute Gasteiger partial charge is 0.273 e. The highest BCUT2D eigenvalue weighted by Crippen LogP contribution is 2.47. The Labute approximate surface area is 126 Å². The average molecular weight is 284 g/mol. The van der Waals surface area contributed by atoms with Gasteiger partial charge in [0.1, 0.15) is 0 Å². The summed E-state index contributed by atoms with van der Waals surface area (Å²) in [4.78, 5) is 12.2. The molecule has 2 fully saturated rings. The molecule has 21 heavy (non-hydrogen) atoms. The quantitative estimate of drug-likeness (QED) is 0.837. The minimum Gasteiger partial charge on any atom is -0.273 e. The van der Waals surface area contributed by atoms with E-state index in [9.17, 15) is 4.79 Å². The second kappa shape index (κ2) is 6.88. The molecular weight excluding hydrogens is 260 g/mol. The molecule has 3 heteroatoms. The number of hydrazone groups is 1. The molecule has 112 valence electrons. The van der Waals surface area contributed by atoms with Crippen molar-refractivity contribution in [3.05, 3.63) is 35.9 Å². The van der Waals surface area contributed by atoms with Crippen molar-refractivity contribution in [2.75, 3.05) is 0 Å². The van der Waals surface area contributed by atoms with E-state index in [2.05, 4.69) is 22.7 Å². The summed E-state index contributed by atoms with van der Waals surface area (Å²) in [6, 6.07) is 10.3. The molecule has 0 spiro atoms. The van der Waals surface area contributed by atoms with Gasteiger partial charge in [-0.3, -0.25) is 4.79 Å². The summed E-state index contributed by atoms with van der Waals surface area (Å²) < 4.78 is 0. The standard InChI is InChI=1S/C18H24N2O/c21-18(17-13-16(17)14-9-5-4-6-10-14)20-19-15-11-7-2-1-3-8-12-15/h4-6,9-10,16-17H,1-3,7-8,11-13H2,(H,20,21)/t16-,17+/m1/s1. The third-order valence-electron chi connectivity index (χ3n) is 4.61. The van der Waals surface area contributed by atoms with E-state index in [1.54, 1.807) is 0 Å². The van der Waals surface area contributed by atoms with Crippen LogP contribution in [-0.4, -0.2) is 11.6 Å². The van der Waals surface area contributed by atoms with Gasteiger partial charge in [-0.25, -0.2) is 5.43 Å². The molecule has 2 saturated carbocycles. The van der Waals surface area contributed by atoms with Gasteiger partial charge in [-0.2, -0.15) is 5.10 Å². The van der Waals surface area contributed by atoms with E-state index in [-0.39, 0.29) is 11.8 Å². The minimum atomic E-state index is 0.0958. The molecule has 0 radical (unpaired) electrons. The second-order valence-electron chi connectivity index (χ2n) is 6.28. The van der Waals surface area contributed by atoms with Crippen LogP contribution in [0, 0.1) is 5.92 Å². The van der Waals surface area contributed by atoms with Gasteiger partial charge in [0.25, 0.3) is 0 Å². The van der Waals surface area contributed by atoms with Crippen LogP contribution in [0.3, 0.4) is 0 Å². The first-order chi connectivity index (χ1) is 10.3. The zero-order valence-electron chi connectivity index (χ0n) is 12.6. The number of hydrogen-bond donors (Lipinski definition) is 1. The smallest absolute Gasteiger partial charge is 0.243 e. The maximum Gasteiger partial charge on any atom is 0.243 e. The fourth-order valence-corrected chi connectivity index (χ4v) is 3.20. The van der Waals surface area contributed by atoms with Crippen molar-refractivity contribution in [2.24, 2.45) is 11.0 Å². The van der Waals surface area contributed by atoms with Gasteiger partial charge in [-0.1, -0.05) is 49.6 Å². The van der Waals surface area contributed by atoms with Crippen molar-refractivity contribution in [1.82, 2.24) is 5.43 Å². The van der Waals surface area contributed by atoms with Crippen molar-refractivity contribution in [3.63, 3.8) is 0 Å². The third kappa shape index (κ3) is 3.93. The molecule has 1 aromatic rings. The van der Waals surface area contributed by atoms with Gasteiger partial charge in [0.05, 0.1) is 0 Å². The summed E-state index contributed by atoms with van der Waals surface area (Å²) in [6.07, 6.45) is 9.42. The summed E-state index contributed by atoms with van der Waals surface area (Å²) in [6.45, 7) is 0. The normalized spacial score (nSPS) is 25.6. The SMILES string of the molecule is O=C(NN=C1CCCCCCC1)[C@H]1C[C@@H]1c1ccccc1. The van der Waals surface area contributed by atoms with Gasteiger partial charge in [0.15, 0.2) is 0 Å². The Morgan fingerprint density at radius 3 is 2.38 bits per heavy atom. The summed E-state index contributed by atoms with van der Waals surface area (Å²) in [5.74, 6) is 0.604. The van der Waals surface area contributed by atoms with Crippen LogP contribution in [0.1, 0.15) is 62.8 Å². The first kappa shape index (κ1) is 14.3. The number of hydrogen-bond acceptors (Lipinski definition) is 2. The lowest BCUT2D eigenvalue weighted by molar-refractivity contribution is -0.122. The van der Waals surface area contributed by atoms with E-state index in [4.69, 9.17) is 0 Å². The number of rotatable bonds is 3. The summed E-state index contributed by atoms with van der Waals surface area (Å²) in [5.41, 5.74) is 5.27. The lowest BCUT2D eigenvalue weighted by atomic mass is 9.99. The molecule has 0 bridgehead atoms. The molecule has 1 N–H and O–H groups in total. The molecule has 0 heterocycles. The fraction of sp³-hybridized carbons (Fsp3) is 0.556. The number of carbonyl (C=O) groups excluding carboxylic acids is 1. The number of benzene rings is 1. The Morgan fingerprint density at radius 2 is 1.67 bits per heavy atom. The topological polar surface area (TPSA) is 41.5 Å². The third-order valence-corrected chi connectivity index (χ3v) is 4.61. The van der Waals surface area contributed by atoms with Crippen LogP contribution in [0.25, 0.3) is 0 Å². The van der Waals surface area contributed by atoms with E-state index in [1.807, 2.05) is 18.2 Å². The molecule has 3 rings (SSSR count). The highest BCUT2D eigenvalue weighted by molar-refractivity contribution is 5.88. The first-order valence-electron chi connectivity index (χ1n) is 8.25. The van der Waals surface area contributed by atoms with Crippen molar-refractivity contribution in [1.29, 1.82) is 0 Å². The predicted molar refractivity (Wildman–Crippen MR) is 85.2 cm³/mol. The zero-order chi connectivity index (χ0) is 14.5. The van der Waals surface area contributed by atoms with E-state index in [0.29, 0.717) is 5.92 Å². The van der Waals surface area contributed by atoms with Gasteiger partial charge in [-0.15, -0.1) is 0 Å². The number of carbonyl (C=O) groups is 1. The fourth-order valence-electron chi connectivity index (χ4n) is 3.20. The lowest BCUT2D eigenvalue weighted by Gasteiger charge is -2.10. The molecule has 2 atom stereocenters. The number of nitrogens with zero attached hydrogens (tertiary/aromatic N) is 1. The first-order valence-corrected chi connectivity index (χ1v) is 8.25. The Hall–Kier alpha value is -1.64. The highest BCUT2D eigenvalue weighted by Gasteiger charge is 2.43. The van der Waals surface area contributed by atoms with Crippen molar-refractivity contribution in [3.8, 4) is 0 Å². The molecule has 0 unspecified atom stereocenters.